The molecular weight excluding hydrogens is 495 g/mol. The first-order valence-corrected chi connectivity index (χ1v) is 11.6. The predicted octanol–water partition coefficient (Wildman–Crippen LogP) is 6.80. The van der Waals surface area contributed by atoms with Crippen LogP contribution in [-0.2, 0) is 9.59 Å². The minimum atomic E-state index is -0.469. The molecule has 0 atom stereocenters. The molecule has 0 unspecified atom stereocenters. The number of benzene rings is 4. The van der Waals surface area contributed by atoms with Gasteiger partial charge in [-0.3, -0.25) is 9.59 Å². The van der Waals surface area contributed by atoms with Gasteiger partial charge in [0.2, 0.25) is 0 Å². The quantitative estimate of drug-likeness (QED) is 0.168. The fourth-order valence-electron chi connectivity index (χ4n) is 3.33. The highest BCUT2D eigenvalue weighted by Crippen LogP contribution is 2.31. The average Bonchev–Trinajstić information content (AvgIpc) is 2.83. The molecule has 0 aliphatic rings. The summed E-state index contributed by atoms with van der Waals surface area (Å²) in [6, 6.07) is 21.2. The Morgan fingerprint density at radius 2 is 0.944 bits per heavy atom. The third kappa shape index (κ3) is 6.46. The van der Waals surface area contributed by atoms with E-state index in [9.17, 15) is 9.59 Å². The summed E-state index contributed by atoms with van der Waals surface area (Å²) >= 11 is 11.9. The Kier molecular flexibility index (Phi) is 7.62. The lowest BCUT2D eigenvalue weighted by molar-refractivity contribution is -0.132. The van der Waals surface area contributed by atoms with Crippen molar-refractivity contribution in [3.63, 3.8) is 0 Å². The molecule has 0 bridgehead atoms. The summed E-state index contributed by atoms with van der Waals surface area (Å²) < 4.78 is 10.9. The summed E-state index contributed by atoms with van der Waals surface area (Å²) in [4.78, 5) is 23.5. The van der Waals surface area contributed by atoms with Crippen LogP contribution in [0.1, 0.15) is 36.1 Å². The van der Waals surface area contributed by atoms with Crippen LogP contribution < -0.4 is 9.47 Å². The van der Waals surface area contributed by atoms with E-state index in [1.807, 2.05) is 0 Å². The van der Waals surface area contributed by atoms with Gasteiger partial charge in [0.1, 0.15) is 11.5 Å². The van der Waals surface area contributed by atoms with Gasteiger partial charge in [-0.05, 0) is 83.6 Å². The SMILES string of the molecule is CC(=O)Oc1cc2cc(C#Cc3ccc(Cl)cc3)c(OC(C)=O)cc2cc1C#Cc1ccc(Cl)cc1. The molecule has 0 fully saturated rings. The summed E-state index contributed by atoms with van der Waals surface area (Å²) in [5.74, 6) is 11.9. The van der Waals surface area contributed by atoms with Crippen molar-refractivity contribution < 1.29 is 19.1 Å². The average molecular weight is 513 g/mol. The first-order valence-electron chi connectivity index (χ1n) is 10.8. The molecule has 0 aliphatic heterocycles. The van der Waals surface area contributed by atoms with E-state index in [0.717, 1.165) is 21.9 Å². The van der Waals surface area contributed by atoms with Crippen molar-refractivity contribution in [3.05, 3.63) is 105 Å². The Morgan fingerprint density at radius 1 is 0.583 bits per heavy atom. The summed E-state index contributed by atoms with van der Waals surface area (Å²) in [5, 5.41) is 2.69. The zero-order valence-electron chi connectivity index (χ0n) is 19.3. The second-order valence-electron chi connectivity index (χ2n) is 7.74. The summed E-state index contributed by atoms with van der Waals surface area (Å²) in [6.07, 6.45) is 0. The number of carbonyl (C=O) groups excluding carboxylic acids is 2. The van der Waals surface area contributed by atoms with Gasteiger partial charge in [-0.2, -0.15) is 0 Å². The van der Waals surface area contributed by atoms with Crippen LogP contribution in [0, 0.1) is 23.7 Å². The van der Waals surface area contributed by atoms with E-state index in [0.29, 0.717) is 32.7 Å². The van der Waals surface area contributed by atoms with Crippen molar-refractivity contribution in [2.75, 3.05) is 0 Å². The Balaban J connectivity index is 1.83. The molecule has 4 rings (SSSR count). The molecule has 0 amide bonds. The van der Waals surface area contributed by atoms with Crippen molar-refractivity contribution in [2.24, 2.45) is 0 Å². The number of carbonyl (C=O) groups is 2. The monoisotopic (exact) mass is 512 g/mol. The van der Waals surface area contributed by atoms with Gasteiger partial charge in [-0.1, -0.05) is 46.9 Å². The van der Waals surface area contributed by atoms with Gasteiger partial charge in [0, 0.05) is 35.0 Å². The normalized spacial score (nSPS) is 10.0. The lowest BCUT2D eigenvalue weighted by atomic mass is 10.0. The van der Waals surface area contributed by atoms with E-state index >= 15 is 0 Å². The van der Waals surface area contributed by atoms with Gasteiger partial charge in [-0.25, -0.2) is 0 Å². The van der Waals surface area contributed by atoms with E-state index in [1.54, 1.807) is 72.8 Å². The first-order chi connectivity index (χ1) is 17.3. The molecule has 4 nitrogen and oxygen atoms in total. The van der Waals surface area contributed by atoms with Gasteiger partial charge in [0.05, 0.1) is 11.1 Å². The molecule has 0 aliphatic carbocycles. The zero-order chi connectivity index (χ0) is 25.7. The Morgan fingerprint density at radius 3 is 1.28 bits per heavy atom. The van der Waals surface area contributed by atoms with Crippen LogP contribution in [0.3, 0.4) is 0 Å². The number of fused-ring (bicyclic) bond motifs is 1. The molecule has 0 spiro atoms. The van der Waals surface area contributed by atoms with Crippen LogP contribution in [0.2, 0.25) is 10.0 Å². The molecule has 0 N–H and O–H groups in total. The second kappa shape index (κ2) is 11.0. The van der Waals surface area contributed by atoms with Gasteiger partial charge in [0.15, 0.2) is 0 Å². The van der Waals surface area contributed by atoms with Crippen LogP contribution in [0.4, 0.5) is 0 Å². The highest BCUT2D eigenvalue weighted by atomic mass is 35.5. The predicted molar refractivity (Wildman–Crippen MR) is 141 cm³/mol. The third-order valence-corrected chi connectivity index (χ3v) is 5.42. The second-order valence-corrected chi connectivity index (χ2v) is 8.62. The fourth-order valence-corrected chi connectivity index (χ4v) is 3.58. The number of hydrogen-bond acceptors (Lipinski definition) is 4. The number of ether oxygens (including phenoxy) is 2. The maximum atomic E-state index is 11.8. The summed E-state index contributed by atoms with van der Waals surface area (Å²) in [5.41, 5.74) is 2.51. The Labute approximate surface area is 218 Å². The van der Waals surface area contributed by atoms with Crippen molar-refractivity contribution in [2.45, 2.75) is 13.8 Å². The number of hydrogen-bond donors (Lipinski definition) is 0. The van der Waals surface area contributed by atoms with E-state index in [4.69, 9.17) is 32.7 Å². The van der Waals surface area contributed by atoms with Gasteiger partial charge < -0.3 is 9.47 Å². The number of rotatable bonds is 2. The minimum Gasteiger partial charge on any atom is -0.425 e. The van der Waals surface area contributed by atoms with Crippen molar-refractivity contribution in [1.29, 1.82) is 0 Å². The minimum absolute atomic E-state index is 0.313. The van der Waals surface area contributed by atoms with Crippen LogP contribution in [-0.4, -0.2) is 11.9 Å². The van der Waals surface area contributed by atoms with Gasteiger partial charge in [-0.15, -0.1) is 0 Å². The van der Waals surface area contributed by atoms with Crippen molar-refractivity contribution in [3.8, 4) is 35.2 Å². The van der Waals surface area contributed by atoms with Gasteiger partial charge in [0.25, 0.3) is 0 Å². The maximum absolute atomic E-state index is 11.8. The maximum Gasteiger partial charge on any atom is 0.308 e. The lowest BCUT2D eigenvalue weighted by Gasteiger charge is -2.10. The highest BCUT2D eigenvalue weighted by molar-refractivity contribution is 6.30. The van der Waals surface area contributed by atoms with E-state index < -0.39 is 11.9 Å². The first kappa shape index (κ1) is 24.9. The molecule has 0 saturated heterocycles. The topological polar surface area (TPSA) is 52.6 Å². The molecule has 0 saturated carbocycles. The Hall–Kier alpha value is -4.22. The standard InChI is InChI=1S/C30H18Cl2O4/c1-19(33)35-29-17-25-16-24(10-4-22-7-13-28(32)14-8-22)30(36-20(2)34)18-26(25)15-23(29)9-3-21-5-11-27(31)12-6-21/h5-8,11-18H,1-2H3. The van der Waals surface area contributed by atoms with Crippen molar-refractivity contribution in [1.82, 2.24) is 0 Å². The molecule has 4 aromatic rings. The molecule has 6 heteroatoms. The fraction of sp³-hybridized carbons (Fsp3) is 0.0667. The molecule has 0 heterocycles. The number of halogens is 2. The van der Waals surface area contributed by atoms with Crippen LogP contribution in [0.5, 0.6) is 11.5 Å². The van der Waals surface area contributed by atoms with E-state index in [-0.39, 0.29) is 0 Å². The summed E-state index contributed by atoms with van der Waals surface area (Å²) in [7, 11) is 0. The zero-order valence-corrected chi connectivity index (χ0v) is 20.8. The van der Waals surface area contributed by atoms with Crippen LogP contribution in [0.15, 0.2) is 72.8 Å². The largest absolute Gasteiger partial charge is 0.425 e. The van der Waals surface area contributed by atoms with Crippen LogP contribution >= 0.6 is 23.2 Å². The molecular formula is C30H18Cl2O4. The molecule has 0 aromatic heterocycles. The third-order valence-electron chi connectivity index (χ3n) is 4.92. The molecule has 36 heavy (non-hydrogen) atoms. The van der Waals surface area contributed by atoms with Gasteiger partial charge >= 0.3 is 11.9 Å². The molecule has 176 valence electrons. The highest BCUT2D eigenvalue weighted by Gasteiger charge is 2.12. The number of esters is 2. The summed E-state index contributed by atoms with van der Waals surface area (Å²) in [6.45, 7) is 2.65. The molecule has 0 radical (unpaired) electrons. The van der Waals surface area contributed by atoms with E-state index in [1.165, 1.54) is 13.8 Å². The smallest absolute Gasteiger partial charge is 0.308 e. The van der Waals surface area contributed by atoms with Crippen molar-refractivity contribution >= 4 is 45.9 Å². The van der Waals surface area contributed by atoms with Crippen LogP contribution in [0.25, 0.3) is 10.8 Å². The van der Waals surface area contributed by atoms with E-state index in [2.05, 4.69) is 23.7 Å². The molecule has 4 aromatic carbocycles. The Bertz CT molecular complexity index is 1470. The lowest BCUT2D eigenvalue weighted by Crippen LogP contribution is -2.04.